The van der Waals surface area contributed by atoms with Gasteiger partial charge in [0.1, 0.15) is 11.6 Å². The van der Waals surface area contributed by atoms with Crippen LogP contribution in [0.2, 0.25) is 0 Å². The fourth-order valence-electron chi connectivity index (χ4n) is 2.28. The SMILES string of the molecule is CCC(C)CN(CC)CCC(=O)c1c(F)cccc1OC. The first-order chi connectivity index (χ1) is 10.0. The largest absolute Gasteiger partial charge is 0.496 e. The number of ether oxygens (including phenoxy) is 1. The first kappa shape index (κ1) is 17.6. The lowest BCUT2D eigenvalue weighted by Crippen LogP contribution is -2.30. The van der Waals surface area contributed by atoms with Gasteiger partial charge in [0.25, 0.3) is 0 Å². The van der Waals surface area contributed by atoms with Crippen molar-refractivity contribution in [2.75, 3.05) is 26.7 Å². The summed E-state index contributed by atoms with van der Waals surface area (Å²) >= 11 is 0. The molecule has 4 heteroatoms. The lowest BCUT2D eigenvalue weighted by molar-refractivity contribution is 0.0954. The van der Waals surface area contributed by atoms with Crippen molar-refractivity contribution >= 4 is 5.78 Å². The van der Waals surface area contributed by atoms with Crippen molar-refractivity contribution in [1.29, 1.82) is 0 Å². The number of ketones is 1. The van der Waals surface area contributed by atoms with E-state index in [2.05, 4.69) is 25.7 Å². The van der Waals surface area contributed by atoms with E-state index in [0.29, 0.717) is 24.6 Å². The topological polar surface area (TPSA) is 29.5 Å². The lowest BCUT2D eigenvalue weighted by Gasteiger charge is -2.23. The first-order valence-electron chi connectivity index (χ1n) is 7.61. The average molecular weight is 295 g/mol. The fourth-order valence-corrected chi connectivity index (χ4v) is 2.28. The molecule has 3 nitrogen and oxygen atoms in total. The van der Waals surface area contributed by atoms with Crippen LogP contribution >= 0.6 is 0 Å². The van der Waals surface area contributed by atoms with Gasteiger partial charge in [-0.25, -0.2) is 4.39 Å². The van der Waals surface area contributed by atoms with Gasteiger partial charge in [0.15, 0.2) is 5.78 Å². The summed E-state index contributed by atoms with van der Waals surface area (Å²) in [5.41, 5.74) is 0.0691. The van der Waals surface area contributed by atoms with Crippen molar-refractivity contribution < 1.29 is 13.9 Å². The Labute approximate surface area is 127 Å². The molecule has 0 saturated heterocycles. The van der Waals surface area contributed by atoms with Gasteiger partial charge in [-0.3, -0.25) is 4.79 Å². The molecule has 0 aromatic heterocycles. The van der Waals surface area contributed by atoms with Crippen molar-refractivity contribution in [3.63, 3.8) is 0 Å². The minimum Gasteiger partial charge on any atom is -0.496 e. The van der Waals surface area contributed by atoms with Crippen molar-refractivity contribution in [3.05, 3.63) is 29.6 Å². The summed E-state index contributed by atoms with van der Waals surface area (Å²) in [4.78, 5) is 14.5. The minimum atomic E-state index is -0.510. The summed E-state index contributed by atoms with van der Waals surface area (Å²) < 4.78 is 18.9. The Balaban J connectivity index is 2.69. The summed E-state index contributed by atoms with van der Waals surface area (Å²) in [7, 11) is 1.45. The highest BCUT2D eigenvalue weighted by Crippen LogP contribution is 2.22. The van der Waals surface area contributed by atoms with E-state index < -0.39 is 5.82 Å². The maximum Gasteiger partial charge on any atom is 0.170 e. The smallest absolute Gasteiger partial charge is 0.170 e. The van der Waals surface area contributed by atoms with Crippen LogP contribution in [0.3, 0.4) is 0 Å². The molecule has 0 N–H and O–H groups in total. The number of Topliss-reactive ketones (excluding diaryl/α,β-unsaturated/α-hetero) is 1. The number of hydrogen-bond acceptors (Lipinski definition) is 3. The van der Waals surface area contributed by atoms with E-state index >= 15 is 0 Å². The van der Waals surface area contributed by atoms with E-state index in [9.17, 15) is 9.18 Å². The first-order valence-corrected chi connectivity index (χ1v) is 7.61. The zero-order valence-corrected chi connectivity index (χ0v) is 13.5. The van der Waals surface area contributed by atoms with E-state index in [1.807, 2.05) is 0 Å². The Morgan fingerprint density at radius 1 is 1.38 bits per heavy atom. The van der Waals surface area contributed by atoms with Gasteiger partial charge in [0.05, 0.1) is 12.7 Å². The molecule has 0 radical (unpaired) electrons. The van der Waals surface area contributed by atoms with Crippen LogP contribution in [0.5, 0.6) is 5.75 Å². The van der Waals surface area contributed by atoms with Crippen LogP contribution in [0.1, 0.15) is 44.0 Å². The Morgan fingerprint density at radius 3 is 2.67 bits per heavy atom. The third-order valence-corrected chi connectivity index (χ3v) is 3.84. The van der Waals surface area contributed by atoms with Gasteiger partial charge in [0.2, 0.25) is 0 Å². The minimum absolute atomic E-state index is 0.0691. The highest BCUT2D eigenvalue weighted by atomic mass is 19.1. The fraction of sp³-hybridized carbons (Fsp3) is 0.588. The van der Waals surface area contributed by atoms with Gasteiger partial charge >= 0.3 is 0 Å². The third-order valence-electron chi connectivity index (χ3n) is 3.84. The summed E-state index contributed by atoms with van der Waals surface area (Å²) in [5, 5.41) is 0. The Morgan fingerprint density at radius 2 is 2.10 bits per heavy atom. The predicted octanol–water partition coefficient (Wildman–Crippen LogP) is 3.78. The van der Waals surface area contributed by atoms with Gasteiger partial charge in [-0.05, 0) is 24.6 Å². The normalized spacial score (nSPS) is 12.5. The highest BCUT2D eigenvalue weighted by Gasteiger charge is 2.18. The van der Waals surface area contributed by atoms with Gasteiger partial charge in [-0.2, -0.15) is 0 Å². The second-order valence-electron chi connectivity index (χ2n) is 5.40. The molecule has 0 spiro atoms. The van der Waals surface area contributed by atoms with E-state index in [-0.39, 0.29) is 11.3 Å². The second-order valence-corrected chi connectivity index (χ2v) is 5.40. The van der Waals surface area contributed by atoms with Gasteiger partial charge in [-0.15, -0.1) is 0 Å². The molecule has 1 rings (SSSR count). The van der Waals surface area contributed by atoms with E-state index in [0.717, 1.165) is 19.5 Å². The Hall–Kier alpha value is -1.42. The number of hydrogen-bond donors (Lipinski definition) is 0. The van der Waals surface area contributed by atoms with Crippen molar-refractivity contribution in [2.24, 2.45) is 5.92 Å². The Kier molecular flexibility index (Phi) is 7.37. The van der Waals surface area contributed by atoms with Crippen molar-refractivity contribution in [3.8, 4) is 5.75 Å². The number of carbonyl (C=O) groups is 1. The maximum absolute atomic E-state index is 13.8. The molecule has 0 aliphatic heterocycles. The molecule has 0 aliphatic carbocycles. The summed E-state index contributed by atoms with van der Waals surface area (Å²) in [6.07, 6.45) is 1.42. The van der Waals surface area contributed by atoms with E-state index in [4.69, 9.17) is 4.74 Å². The lowest BCUT2D eigenvalue weighted by atomic mass is 10.0. The average Bonchev–Trinajstić information content (AvgIpc) is 2.50. The van der Waals surface area contributed by atoms with E-state index in [1.165, 1.54) is 13.2 Å². The van der Waals surface area contributed by atoms with Crippen molar-refractivity contribution in [1.82, 2.24) is 4.90 Å². The number of halogens is 1. The number of benzene rings is 1. The quantitative estimate of drug-likeness (QED) is 0.649. The van der Waals surface area contributed by atoms with Crippen molar-refractivity contribution in [2.45, 2.75) is 33.6 Å². The van der Waals surface area contributed by atoms with Crippen LogP contribution < -0.4 is 4.74 Å². The highest BCUT2D eigenvalue weighted by molar-refractivity contribution is 5.99. The Bertz CT molecular complexity index is 462. The molecule has 1 unspecified atom stereocenters. The van der Waals surface area contributed by atoms with Gasteiger partial charge in [-0.1, -0.05) is 33.3 Å². The zero-order chi connectivity index (χ0) is 15.8. The third kappa shape index (κ3) is 5.12. The van der Waals surface area contributed by atoms with Crippen LogP contribution in [0, 0.1) is 11.7 Å². The molecule has 1 aromatic rings. The maximum atomic E-state index is 13.8. The molecule has 0 bridgehead atoms. The second kappa shape index (κ2) is 8.78. The number of nitrogens with zero attached hydrogens (tertiary/aromatic N) is 1. The monoisotopic (exact) mass is 295 g/mol. The zero-order valence-electron chi connectivity index (χ0n) is 13.5. The predicted molar refractivity (Wildman–Crippen MR) is 83.5 cm³/mol. The molecule has 0 saturated carbocycles. The summed E-state index contributed by atoms with van der Waals surface area (Å²) in [6.45, 7) is 8.95. The number of carbonyl (C=O) groups excluding carboxylic acids is 1. The molecule has 0 amide bonds. The van der Waals surface area contributed by atoms with Crippen LogP contribution in [0.15, 0.2) is 18.2 Å². The molecule has 0 heterocycles. The molecular weight excluding hydrogens is 269 g/mol. The molecule has 118 valence electrons. The van der Waals surface area contributed by atoms with Gasteiger partial charge < -0.3 is 9.64 Å². The molecule has 21 heavy (non-hydrogen) atoms. The summed E-state index contributed by atoms with van der Waals surface area (Å²) in [6, 6.07) is 4.46. The summed E-state index contributed by atoms with van der Waals surface area (Å²) in [5.74, 6) is 0.199. The molecule has 1 atom stereocenters. The van der Waals surface area contributed by atoms with Crippen LogP contribution in [0.25, 0.3) is 0 Å². The molecular formula is C17H26FNO2. The number of methoxy groups -OCH3 is 1. The standard InChI is InChI=1S/C17H26FNO2/c1-5-13(3)12-19(6-2)11-10-15(20)17-14(18)8-7-9-16(17)21-4/h7-9,13H,5-6,10-12H2,1-4H3. The van der Waals surface area contributed by atoms with E-state index in [1.54, 1.807) is 12.1 Å². The number of rotatable bonds is 9. The van der Waals surface area contributed by atoms with Crippen LogP contribution in [-0.4, -0.2) is 37.4 Å². The van der Waals surface area contributed by atoms with Crippen LogP contribution in [0.4, 0.5) is 4.39 Å². The molecule has 0 fully saturated rings. The molecule has 1 aromatic carbocycles. The molecule has 0 aliphatic rings. The van der Waals surface area contributed by atoms with Crippen LogP contribution in [-0.2, 0) is 0 Å². The van der Waals surface area contributed by atoms with Gasteiger partial charge in [0, 0.05) is 19.5 Å².